The molecule has 0 spiro atoms. The van der Waals surface area contributed by atoms with Gasteiger partial charge in [-0.15, -0.1) is 5.10 Å². The number of hydrogen-bond donors (Lipinski definition) is 1. The summed E-state index contributed by atoms with van der Waals surface area (Å²) in [6.45, 7) is 2.65. The van der Waals surface area contributed by atoms with Gasteiger partial charge in [-0.2, -0.15) is 8.99 Å². The van der Waals surface area contributed by atoms with Crippen LogP contribution in [0.25, 0.3) is 5.69 Å². The van der Waals surface area contributed by atoms with Gasteiger partial charge in [0.15, 0.2) is 5.82 Å². The molecule has 1 saturated heterocycles. The Morgan fingerprint density at radius 3 is 2.62 bits per heavy atom. The number of ether oxygens (including phenoxy) is 1. The summed E-state index contributed by atoms with van der Waals surface area (Å²) in [6, 6.07) is 7.80. The first kappa shape index (κ1) is 22.3. The van der Waals surface area contributed by atoms with E-state index in [9.17, 15) is 17.6 Å². The zero-order valence-electron chi connectivity index (χ0n) is 16.8. The number of nitrogens with zero attached hydrogens (tertiary/aromatic N) is 5. The first-order valence-electron chi connectivity index (χ1n) is 9.51. The van der Waals surface area contributed by atoms with Crippen molar-refractivity contribution in [3.8, 4) is 5.69 Å². The smallest absolute Gasteiger partial charge is 0.257 e. The fraction of sp³-hybridized carbons (Fsp3) is 0.263. The second-order valence-electron chi connectivity index (χ2n) is 6.92. The molecule has 10 nitrogen and oxygen atoms in total. The number of carbonyl (C=O) groups is 1. The molecule has 13 heteroatoms. The third kappa shape index (κ3) is 4.35. The highest BCUT2D eigenvalue weighted by molar-refractivity contribution is 7.89. The lowest BCUT2D eigenvalue weighted by atomic mass is 10.2. The highest BCUT2D eigenvalue weighted by atomic mass is 35.5. The van der Waals surface area contributed by atoms with E-state index in [1.165, 1.54) is 39.3 Å². The molecular weight excluding hydrogens is 463 g/mol. The Morgan fingerprint density at radius 1 is 1.19 bits per heavy atom. The van der Waals surface area contributed by atoms with Gasteiger partial charge in [0, 0.05) is 18.8 Å². The lowest BCUT2D eigenvalue weighted by Crippen LogP contribution is -2.40. The van der Waals surface area contributed by atoms with E-state index in [1.807, 2.05) is 0 Å². The summed E-state index contributed by atoms with van der Waals surface area (Å²) in [5.74, 6) is -0.883. The van der Waals surface area contributed by atoms with Crippen LogP contribution in [-0.2, 0) is 14.8 Å². The van der Waals surface area contributed by atoms with Crippen LogP contribution in [0.2, 0.25) is 5.02 Å². The summed E-state index contributed by atoms with van der Waals surface area (Å²) in [5, 5.41) is 13.6. The molecule has 1 N–H and O–H groups in total. The van der Waals surface area contributed by atoms with Crippen molar-refractivity contribution in [3.05, 3.63) is 58.6 Å². The van der Waals surface area contributed by atoms with Gasteiger partial charge >= 0.3 is 0 Å². The Labute approximate surface area is 188 Å². The van der Waals surface area contributed by atoms with Gasteiger partial charge in [-0.1, -0.05) is 11.6 Å². The van der Waals surface area contributed by atoms with Crippen LogP contribution in [-0.4, -0.2) is 65.1 Å². The Morgan fingerprint density at radius 2 is 1.94 bits per heavy atom. The summed E-state index contributed by atoms with van der Waals surface area (Å²) >= 11 is 6.17. The number of hydrogen-bond acceptors (Lipinski definition) is 7. The average Bonchev–Trinajstić information content (AvgIpc) is 3.21. The first-order valence-corrected chi connectivity index (χ1v) is 11.3. The molecule has 168 valence electrons. The number of morpholine rings is 1. The number of halogens is 2. The fourth-order valence-corrected chi connectivity index (χ4v) is 4.82. The van der Waals surface area contributed by atoms with E-state index in [4.69, 9.17) is 16.3 Å². The fourth-order valence-electron chi connectivity index (χ4n) is 3.18. The van der Waals surface area contributed by atoms with Crippen molar-refractivity contribution in [1.29, 1.82) is 0 Å². The zero-order valence-corrected chi connectivity index (χ0v) is 18.4. The summed E-state index contributed by atoms with van der Waals surface area (Å²) in [6.07, 6.45) is 0. The maximum absolute atomic E-state index is 14.3. The van der Waals surface area contributed by atoms with Gasteiger partial charge in [0.1, 0.15) is 11.5 Å². The molecule has 1 fully saturated rings. The topological polar surface area (TPSA) is 119 Å². The van der Waals surface area contributed by atoms with Gasteiger partial charge in [-0.3, -0.25) is 4.79 Å². The number of rotatable bonds is 5. The van der Waals surface area contributed by atoms with Crippen LogP contribution in [0, 0.1) is 12.7 Å². The van der Waals surface area contributed by atoms with Crippen LogP contribution >= 0.6 is 11.6 Å². The molecule has 0 bridgehead atoms. The van der Waals surface area contributed by atoms with E-state index in [1.54, 1.807) is 6.92 Å². The largest absolute Gasteiger partial charge is 0.379 e. The van der Waals surface area contributed by atoms with Crippen molar-refractivity contribution in [2.24, 2.45) is 0 Å². The third-order valence-corrected chi connectivity index (χ3v) is 7.07. The quantitative estimate of drug-likeness (QED) is 0.593. The van der Waals surface area contributed by atoms with Gasteiger partial charge in [0.25, 0.3) is 5.91 Å². The number of aromatic nitrogens is 4. The van der Waals surface area contributed by atoms with Crippen molar-refractivity contribution in [2.75, 3.05) is 31.6 Å². The van der Waals surface area contributed by atoms with E-state index in [0.717, 1.165) is 6.07 Å². The number of carbonyl (C=O) groups excluding carboxylic acids is 1. The number of amides is 1. The summed E-state index contributed by atoms with van der Waals surface area (Å²) in [7, 11) is -3.81. The lowest BCUT2D eigenvalue weighted by Gasteiger charge is -2.26. The molecule has 2 aromatic carbocycles. The minimum atomic E-state index is -3.81. The monoisotopic (exact) mass is 480 g/mol. The van der Waals surface area contributed by atoms with Gasteiger partial charge in [-0.25, -0.2) is 12.8 Å². The van der Waals surface area contributed by atoms with Crippen molar-refractivity contribution in [3.63, 3.8) is 0 Å². The minimum Gasteiger partial charge on any atom is -0.379 e. The molecule has 0 saturated carbocycles. The van der Waals surface area contributed by atoms with Crippen molar-refractivity contribution in [1.82, 2.24) is 24.5 Å². The molecule has 1 amide bonds. The molecule has 32 heavy (non-hydrogen) atoms. The van der Waals surface area contributed by atoms with E-state index in [2.05, 4.69) is 20.8 Å². The maximum Gasteiger partial charge on any atom is 0.257 e. The molecule has 0 radical (unpaired) electrons. The van der Waals surface area contributed by atoms with E-state index in [-0.39, 0.29) is 39.9 Å². The summed E-state index contributed by atoms with van der Waals surface area (Å²) in [4.78, 5) is 12.8. The lowest BCUT2D eigenvalue weighted by molar-refractivity contribution is 0.0730. The second kappa shape index (κ2) is 8.90. The predicted octanol–water partition coefficient (Wildman–Crippen LogP) is 2.04. The van der Waals surface area contributed by atoms with Gasteiger partial charge < -0.3 is 10.1 Å². The van der Waals surface area contributed by atoms with Crippen LogP contribution in [0.15, 0.2) is 41.3 Å². The Hall–Kier alpha value is -2.93. The van der Waals surface area contributed by atoms with Crippen LogP contribution in [0.5, 0.6) is 0 Å². The normalized spacial score (nSPS) is 15.0. The minimum absolute atomic E-state index is 0.0366. The zero-order chi connectivity index (χ0) is 22.9. The standard InChI is InChI=1S/C19H18ClFN6O4S/c1-12-23-24-25-27(12)18-10-13(2-5-17(18)21)22-19(28)15-11-14(3-4-16(15)20)32(29,30)26-6-8-31-9-7-26/h2-5,10-11H,6-9H2,1H3,(H,22,28). The van der Waals surface area contributed by atoms with E-state index < -0.39 is 21.7 Å². The van der Waals surface area contributed by atoms with Crippen LogP contribution in [0.3, 0.4) is 0 Å². The molecule has 0 aliphatic carbocycles. The molecule has 0 atom stereocenters. The summed E-state index contributed by atoms with van der Waals surface area (Å²) < 4.78 is 47.8. The number of benzene rings is 2. The molecular formula is C19H18ClFN6O4S. The second-order valence-corrected chi connectivity index (χ2v) is 9.26. The number of tetrazole rings is 1. The third-order valence-electron chi connectivity index (χ3n) is 4.85. The van der Waals surface area contributed by atoms with Crippen LogP contribution < -0.4 is 5.32 Å². The van der Waals surface area contributed by atoms with Crippen LogP contribution in [0.4, 0.5) is 10.1 Å². The molecule has 0 unspecified atom stereocenters. The van der Waals surface area contributed by atoms with Crippen LogP contribution in [0.1, 0.15) is 16.2 Å². The summed E-state index contributed by atoms with van der Waals surface area (Å²) in [5.41, 5.74) is 0.254. The highest BCUT2D eigenvalue weighted by Crippen LogP contribution is 2.25. The molecule has 1 aliphatic rings. The Kier molecular flexibility index (Phi) is 6.20. The Bertz CT molecular complexity index is 1280. The highest BCUT2D eigenvalue weighted by Gasteiger charge is 2.27. The average molecular weight is 481 g/mol. The maximum atomic E-state index is 14.3. The van der Waals surface area contributed by atoms with Crippen molar-refractivity contribution in [2.45, 2.75) is 11.8 Å². The van der Waals surface area contributed by atoms with Crippen molar-refractivity contribution >= 4 is 33.2 Å². The number of nitrogens with one attached hydrogen (secondary N) is 1. The molecule has 1 aromatic heterocycles. The first-order chi connectivity index (χ1) is 15.3. The molecule has 4 rings (SSSR count). The molecule has 2 heterocycles. The predicted molar refractivity (Wildman–Crippen MR) is 113 cm³/mol. The van der Waals surface area contributed by atoms with Crippen molar-refractivity contribution < 1.29 is 22.3 Å². The van der Waals surface area contributed by atoms with Gasteiger partial charge in [0.2, 0.25) is 10.0 Å². The molecule has 3 aromatic rings. The van der Waals surface area contributed by atoms with E-state index >= 15 is 0 Å². The number of sulfonamides is 1. The van der Waals surface area contributed by atoms with E-state index in [0.29, 0.717) is 19.0 Å². The Balaban J connectivity index is 1.62. The molecule has 1 aliphatic heterocycles. The van der Waals surface area contributed by atoms with Gasteiger partial charge in [-0.05, 0) is 53.7 Å². The number of anilines is 1. The van der Waals surface area contributed by atoms with Gasteiger partial charge in [0.05, 0.1) is 28.7 Å². The SMILES string of the molecule is Cc1nnnn1-c1cc(NC(=O)c2cc(S(=O)(=O)N3CCOCC3)ccc2Cl)ccc1F. The number of aryl methyl sites for hydroxylation is 1.